The van der Waals surface area contributed by atoms with E-state index in [1.165, 1.54) is 6.08 Å². The minimum atomic E-state index is -0.415. The Morgan fingerprint density at radius 2 is 1.92 bits per heavy atom. The Kier molecular flexibility index (Phi) is 6.21. The van der Waals surface area contributed by atoms with Crippen molar-refractivity contribution < 1.29 is 9.21 Å². The second-order valence-electron chi connectivity index (χ2n) is 5.19. The van der Waals surface area contributed by atoms with Gasteiger partial charge in [0, 0.05) is 31.8 Å². The number of rotatable bonds is 7. The van der Waals surface area contributed by atoms with Crippen molar-refractivity contribution in [2.75, 3.05) is 18.0 Å². The van der Waals surface area contributed by atoms with Crippen LogP contribution in [0.3, 0.4) is 0 Å². The standard InChI is InChI=1S/C19H21N3O2/c1-3-22(4-2)18-11-10-17(24-18)12-16(13-20)19(23)21-14-15-8-6-5-7-9-15/h5-12H,3-4,14H2,1-2H3,(H,21,23)/b16-12-. The zero-order valence-corrected chi connectivity index (χ0v) is 14.0. The van der Waals surface area contributed by atoms with Gasteiger partial charge in [0.2, 0.25) is 0 Å². The molecule has 24 heavy (non-hydrogen) atoms. The molecule has 1 aromatic heterocycles. The highest BCUT2D eigenvalue weighted by molar-refractivity contribution is 6.01. The average Bonchev–Trinajstić information content (AvgIpc) is 3.08. The van der Waals surface area contributed by atoms with E-state index in [9.17, 15) is 10.1 Å². The van der Waals surface area contributed by atoms with Crippen LogP contribution in [0, 0.1) is 11.3 Å². The summed E-state index contributed by atoms with van der Waals surface area (Å²) in [4.78, 5) is 14.2. The Morgan fingerprint density at radius 3 is 2.54 bits per heavy atom. The third-order valence-corrected chi connectivity index (χ3v) is 3.64. The summed E-state index contributed by atoms with van der Waals surface area (Å²) in [6.07, 6.45) is 1.47. The molecule has 0 atom stereocenters. The third kappa shape index (κ3) is 4.50. The van der Waals surface area contributed by atoms with E-state index in [4.69, 9.17) is 4.42 Å². The van der Waals surface area contributed by atoms with Crippen LogP contribution in [0.2, 0.25) is 0 Å². The zero-order valence-electron chi connectivity index (χ0n) is 14.0. The number of benzene rings is 1. The van der Waals surface area contributed by atoms with E-state index in [0.29, 0.717) is 12.3 Å². The molecule has 1 amide bonds. The Morgan fingerprint density at radius 1 is 1.21 bits per heavy atom. The lowest BCUT2D eigenvalue weighted by molar-refractivity contribution is -0.117. The second-order valence-corrected chi connectivity index (χ2v) is 5.19. The van der Waals surface area contributed by atoms with E-state index in [1.807, 2.05) is 56.3 Å². The van der Waals surface area contributed by atoms with Crippen molar-refractivity contribution in [1.82, 2.24) is 5.32 Å². The molecule has 0 aliphatic heterocycles. The first-order valence-electron chi connectivity index (χ1n) is 7.96. The maximum absolute atomic E-state index is 12.2. The van der Waals surface area contributed by atoms with Gasteiger partial charge in [-0.15, -0.1) is 0 Å². The van der Waals surface area contributed by atoms with E-state index < -0.39 is 5.91 Å². The zero-order chi connectivity index (χ0) is 17.4. The van der Waals surface area contributed by atoms with E-state index in [1.54, 1.807) is 6.07 Å². The van der Waals surface area contributed by atoms with Gasteiger partial charge < -0.3 is 14.6 Å². The van der Waals surface area contributed by atoms with Crippen molar-refractivity contribution in [1.29, 1.82) is 5.26 Å². The summed E-state index contributed by atoms with van der Waals surface area (Å²) in [7, 11) is 0. The number of carbonyl (C=O) groups is 1. The first-order chi connectivity index (χ1) is 11.7. The van der Waals surface area contributed by atoms with Gasteiger partial charge in [-0.25, -0.2) is 0 Å². The topological polar surface area (TPSA) is 69.3 Å². The van der Waals surface area contributed by atoms with Gasteiger partial charge in [-0.05, 0) is 25.5 Å². The molecule has 0 radical (unpaired) electrons. The maximum Gasteiger partial charge on any atom is 0.262 e. The number of amides is 1. The highest BCUT2D eigenvalue weighted by atomic mass is 16.4. The van der Waals surface area contributed by atoms with Crippen LogP contribution in [0.1, 0.15) is 25.2 Å². The minimum Gasteiger partial charge on any atom is -0.441 e. The molecule has 1 aromatic carbocycles. The molecule has 2 rings (SSSR count). The van der Waals surface area contributed by atoms with Crippen LogP contribution in [0.4, 0.5) is 5.88 Å². The number of nitriles is 1. The maximum atomic E-state index is 12.2. The van der Waals surface area contributed by atoms with Crippen LogP contribution in [0.25, 0.3) is 6.08 Å². The number of hydrogen-bond acceptors (Lipinski definition) is 4. The lowest BCUT2D eigenvalue weighted by Gasteiger charge is -2.16. The molecular formula is C19H21N3O2. The molecule has 0 saturated heterocycles. The summed E-state index contributed by atoms with van der Waals surface area (Å²) in [6.45, 7) is 6.12. The SMILES string of the molecule is CCN(CC)c1ccc(/C=C(/C#N)C(=O)NCc2ccccc2)o1. The highest BCUT2D eigenvalue weighted by Gasteiger charge is 2.11. The smallest absolute Gasteiger partial charge is 0.262 e. The van der Waals surface area contributed by atoms with Gasteiger partial charge in [0.25, 0.3) is 5.91 Å². The quantitative estimate of drug-likeness (QED) is 0.626. The van der Waals surface area contributed by atoms with Crippen molar-refractivity contribution in [2.45, 2.75) is 20.4 Å². The number of hydrogen-bond donors (Lipinski definition) is 1. The summed E-state index contributed by atoms with van der Waals surface area (Å²) < 4.78 is 5.69. The molecule has 0 spiro atoms. The van der Waals surface area contributed by atoms with Crippen molar-refractivity contribution in [3.05, 3.63) is 59.4 Å². The molecule has 5 nitrogen and oxygen atoms in total. The van der Waals surface area contributed by atoms with Crippen LogP contribution in [0.5, 0.6) is 0 Å². The van der Waals surface area contributed by atoms with Crippen molar-refractivity contribution >= 4 is 17.9 Å². The third-order valence-electron chi connectivity index (χ3n) is 3.64. The summed E-state index contributed by atoms with van der Waals surface area (Å²) in [6, 6.07) is 15.1. The van der Waals surface area contributed by atoms with Crippen LogP contribution in [-0.4, -0.2) is 19.0 Å². The van der Waals surface area contributed by atoms with Gasteiger partial charge in [-0.2, -0.15) is 5.26 Å². The number of furan rings is 1. The van der Waals surface area contributed by atoms with Gasteiger partial charge in [-0.1, -0.05) is 30.3 Å². The van der Waals surface area contributed by atoms with Crippen LogP contribution in [0.15, 0.2) is 52.5 Å². The van der Waals surface area contributed by atoms with Gasteiger partial charge in [-0.3, -0.25) is 4.79 Å². The summed E-state index contributed by atoms with van der Waals surface area (Å²) >= 11 is 0. The first kappa shape index (κ1) is 17.4. The molecule has 1 heterocycles. The molecule has 0 aliphatic carbocycles. The van der Waals surface area contributed by atoms with Gasteiger partial charge in [0.05, 0.1) is 0 Å². The van der Waals surface area contributed by atoms with Gasteiger partial charge in [0.15, 0.2) is 5.88 Å². The Balaban J connectivity index is 2.06. The Hall–Kier alpha value is -3.00. The second kappa shape index (κ2) is 8.59. The minimum absolute atomic E-state index is 0.0198. The Bertz CT molecular complexity index is 737. The lowest BCUT2D eigenvalue weighted by atomic mass is 10.2. The fraction of sp³-hybridized carbons (Fsp3) is 0.263. The van der Waals surface area contributed by atoms with Gasteiger partial charge in [0.1, 0.15) is 17.4 Å². The molecule has 0 bridgehead atoms. The summed E-state index contributed by atoms with van der Waals surface area (Å²) in [5.41, 5.74) is 0.997. The molecular weight excluding hydrogens is 302 g/mol. The molecule has 1 N–H and O–H groups in total. The van der Waals surface area contributed by atoms with Crippen molar-refractivity contribution in [2.24, 2.45) is 0 Å². The van der Waals surface area contributed by atoms with E-state index in [-0.39, 0.29) is 5.57 Å². The van der Waals surface area contributed by atoms with E-state index in [2.05, 4.69) is 10.2 Å². The monoisotopic (exact) mass is 323 g/mol. The van der Waals surface area contributed by atoms with Crippen molar-refractivity contribution in [3.63, 3.8) is 0 Å². The normalized spacial score (nSPS) is 11.0. The molecule has 5 heteroatoms. The highest BCUT2D eigenvalue weighted by Crippen LogP contribution is 2.20. The average molecular weight is 323 g/mol. The van der Waals surface area contributed by atoms with Crippen LogP contribution < -0.4 is 10.2 Å². The summed E-state index contributed by atoms with van der Waals surface area (Å²) in [5.74, 6) is 0.804. The predicted molar refractivity (Wildman–Crippen MR) is 94.1 cm³/mol. The Labute approximate surface area is 142 Å². The van der Waals surface area contributed by atoms with E-state index >= 15 is 0 Å². The first-order valence-corrected chi connectivity index (χ1v) is 7.96. The predicted octanol–water partition coefficient (Wildman–Crippen LogP) is 3.35. The van der Waals surface area contributed by atoms with Crippen LogP contribution >= 0.6 is 0 Å². The summed E-state index contributed by atoms with van der Waals surface area (Å²) in [5, 5.41) is 12.0. The molecule has 0 saturated carbocycles. The van der Waals surface area contributed by atoms with Crippen molar-refractivity contribution in [3.8, 4) is 6.07 Å². The number of anilines is 1. The molecule has 2 aromatic rings. The van der Waals surface area contributed by atoms with E-state index in [0.717, 1.165) is 24.5 Å². The largest absolute Gasteiger partial charge is 0.441 e. The fourth-order valence-corrected chi connectivity index (χ4v) is 2.29. The number of carbonyl (C=O) groups excluding carboxylic acids is 1. The lowest BCUT2D eigenvalue weighted by Crippen LogP contribution is -2.23. The number of nitrogens with zero attached hydrogens (tertiary/aromatic N) is 2. The molecule has 0 unspecified atom stereocenters. The molecule has 124 valence electrons. The molecule has 0 fully saturated rings. The number of nitrogens with one attached hydrogen (secondary N) is 1. The molecule has 0 aliphatic rings. The van der Waals surface area contributed by atoms with Gasteiger partial charge >= 0.3 is 0 Å². The fourth-order valence-electron chi connectivity index (χ4n) is 2.29. The van der Waals surface area contributed by atoms with Crippen LogP contribution in [-0.2, 0) is 11.3 Å².